The second kappa shape index (κ2) is 7.14. The second-order valence-electron chi connectivity index (χ2n) is 5.35. The number of nitrogens with zero attached hydrogens (tertiary/aromatic N) is 2. The maximum absolute atomic E-state index is 11.8. The van der Waals surface area contributed by atoms with Crippen LogP contribution in [0, 0.1) is 0 Å². The minimum Gasteiger partial charge on any atom is -0.497 e. The van der Waals surface area contributed by atoms with Gasteiger partial charge in [0.2, 0.25) is 5.43 Å². The number of rotatable bonds is 6. The van der Waals surface area contributed by atoms with E-state index in [0.717, 1.165) is 5.75 Å². The largest absolute Gasteiger partial charge is 0.497 e. The fourth-order valence-corrected chi connectivity index (χ4v) is 2.42. The van der Waals surface area contributed by atoms with Crippen LogP contribution in [0.2, 0.25) is 0 Å². The van der Waals surface area contributed by atoms with E-state index in [-0.39, 0.29) is 18.6 Å². The molecule has 0 aliphatic rings. The van der Waals surface area contributed by atoms with E-state index in [9.17, 15) is 9.90 Å². The van der Waals surface area contributed by atoms with Gasteiger partial charge in [0.15, 0.2) is 0 Å². The van der Waals surface area contributed by atoms with Gasteiger partial charge in [-0.15, -0.1) is 0 Å². The zero-order valence-corrected chi connectivity index (χ0v) is 13.3. The third-order valence-corrected chi connectivity index (χ3v) is 3.65. The highest BCUT2D eigenvalue weighted by atomic mass is 16.5. The summed E-state index contributed by atoms with van der Waals surface area (Å²) in [5, 5.41) is 14.9. The lowest BCUT2D eigenvalue weighted by Crippen LogP contribution is -2.26. The Kier molecular flexibility index (Phi) is 4.77. The van der Waals surface area contributed by atoms with Crippen molar-refractivity contribution in [2.24, 2.45) is 0 Å². The molecule has 6 heteroatoms. The average Bonchev–Trinajstić information content (AvgIpc) is 2.63. The van der Waals surface area contributed by atoms with Crippen molar-refractivity contribution >= 4 is 10.9 Å². The number of hydrogen-bond acceptors (Lipinski definition) is 5. The van der Waals surface area contributed by atoms with Crippen LogP contribution in [0.4, 0.5) is 0 Å². The van der Waals surface area contributed by atoms with Crippen LogP contribution in [-0.2, 0) is 6.54 Å². The van der Waals surface area contributed by atoms with Gasteiger partial charge in [-0.3, -0.25) is 9.48 Å². The Bertz CT molecular complexity index is 874. The molecule has 3 rings (SSSR count). The van der Waals surface area contributed by atoms with E-state index >= 15 is 0 Å². The standard InChI is InChI=1S/C18H18N2O4/c1-23-14-6-8-15(9-7-14)24-12-13(21)11-20-17-5-3-2-4-16(17)18(22)10-19-20/h2-10,13,21H,11-12H2,1H3. The van der Waals surface area contributed by atoms with Crippen molar-refractivity contribution in [3.63, 3.8) is 0 Å². The molecule has 0 spiro atoms. The first kappa shape index (κ1) is 16.0. The molecule has 0 fully saturated rings. The van der Waals surface area contributed by atoms with Crippen molar-refractivity contribution < 1.29 is 14.6 Å². The maximum Gasteiger partial charge on any atom is 0.207 e. The van der Waals surface area contributed by atoms with E-state index in [1.165, 1.54) is 6.20 Å². The molecule has 2 aromatic carbocycles. The van der Waals surface area contributed by atoms with Gasteiger partial charge in [0.1, 0.15) is 24.2 Å². The highest BCUT2D eigenvalue weighted by Gasteiger charge is 2.10. The third-order valence-electron chi connectivity index (χ3n) is 3.65. The second-order valence-corrected chi connectivity index (χ2v) is 5.35. The zero-order chi connectivity index (χ0) is 16.9. The summed E-state index contributed by atoms with van der Waals surface area (Å²) in [6.07, 6.45) is 0.504. The molecule has 6 nitrogen and oxygen atoms in total. The molecular weight excluding hydrogens is 308 g/mol. The minimum atomic E-state index is -0.759. The number of fused-ring (bicyclic) bond motifs is 1. The lowest BCUT2D eigenvalue weighted by molar-refractivity contribution is 0.0901. The van der Waals surface area contributed by atoms with Crippen molar-refractivity contribution in [1.29, 1.82) is 0 Å². The lowest BCUT2D eigenvalue weighted by Gasteiger charge is -2.15. The Hall–Kier alpha value is -2.86. The van der Waals surface area contributed by atoms with E-state index in [4.69, 9.17) is 9.47 Å². The number of para-hydroxylation sites is 1. The topological polar surface area (TPSA) is 73.6 Å². The summed E-state index contributed by atoms with van der Waals surface area (Å²) < 4.78 is 12.3. The Morgan fingerprint density at radius 1 is 1.12 bits per heavy atom. The number of aliphatic hydroxyl groups is 1. The predicted molar refractivity (Wildman–Crippen MR) is 90.5 cm³/mol. The molecular formula is C18H18N2O4. The van der Waals surface area contributed by atoms with Crippen molar-refractivity contribution in [2.75, 3.05) is 13.7 Å². The van der Waals surface area contributed by atoms with Crippen molar-refractivity contribution in [1.82, 2.24) is 9.78 Å². The normalized spacial score (nSPS) is 12.1. The van der Waals surface area contributed by atoms with Crippen LogP contribution >= 0.6 is 0 Å². The number of ether oxygens (including phenoxy) is 2. The summed E-state index contributed by atoms with van der Waals surface area (Å²) in [4.78, 5) is 11.8. The molecule has 1 N–H and O–H groups in total. The van der Waals surface area contributed by atoms with Crippen LogP contribution < -0.4 is 14.9 Å². The van der Waals surface area contributed by atoms with Crippen LogP contribution in [0.25, 0.3) is 10.9 Å². The summed E-state index contributed by atoms with van der Waals surface area (Å²) in [6.45, 7) is 0.353. The minimum absolute atomic E-state index is 0.120. The highest BCUT2D eigenvalue weighted by molar-refractivity contribution is 5.77. The van der Waals surface area contributed by atoms with Gasteiger partial charge in [0, 0.05) is 5.39 Å². The van der Waals surface area contributed by atoms with Gasteiger partial charge < -0.3 is 14.6 Å². The molecule has 0 amide bonds. The van der Waals surface area contributed by atoms with Gasteiger partial charge in [-0.05, 0) is 36.4 Å². The molecule has 0 aliphatic heterocycles. The fourth-order valence-electron chi connectivity index (χ4n) is 2.42. The zero-order valence-electron chi connectivity index (χ0n) is 13.3. The van der Waals surface area contributed by atoms with E-state index in [1.807, 2.05) is 6.07 Å². The Labute approximate surface area is 138 Å². The van der Waals surface area contributed by atoms with E-state index < -0.39 is 6.10 Å². The summed E-state index contributed by atoms with van der Waals surface area (Å²) in [5.74, 6) is 1.39. The van der Waals surface area contributed by atoms with Crippen molar-refractivity contribution in [3.05, 3.63) is 65.0 Å². The first-order valence-corrected chi connectivity index (χ1v) is 7.57. The first-order valence-electron chi connectivity index (χ1n) is 7.57. The smallest absolute Gasteiger partial charge is 0.207 e. The first-order chi connectivity index (χ1) is 11.7. The van der Waals surface area contributed by atoms with Crippen LogP contribution in [0.5, 0.6) is 11.5 Å². The molecule has 24 heavy (non-hydrogen) atoms. The van der Waals surface area contributed by atoms with E-state index in [0.29, 0.717) is 16.7 Å². The van der Waals surface area contributed by atoms with Gasteiger partial charge in [0.25, 0.3) is 0 Å². The van der Waals surface area contributed by atoms with Crippen molar-refractivity contribution in [2.45, 2.75) is 12.6 Å². The average molecular weight is 326 g/mol. The summed E-state index contributed by atoms with van der Waals surface area (Å²) in [5.41, 5.74) is 0.555. The molecule has 0 aliphatic carbocycles. The van der Waals surface area contributed by atoms with Gasteiger partial charge in [-0.1, -0.05) is 12.1 Å². The Morgan fingerprint density at radius 3 is 2.58 bits per heavy atom. The molecule has 0 bridgehead atoms. The molecule has 1 aromatic heterocycles. The predicted octanol–water partition coefficient (Wildman–Crippen LogP) is 1.84. The van der Waals surface area contributed by atoms with E-state index in [2.05, 4.69) is 5.10 Å². The Morgan fingerprint density at radius 2 is 1.83 bits per heavy atom. The molecule has 0 saturated heterocycles. The SMILES string of the molecule is COc1ccc(OCC(O)Cn2ncc(=O)c3ccccc32)cc1. The third kappa shape index (κ3) is 3.55. The number of aromatic nitrogens is 2. The Balaban J connectivity index is 1.67. The maximum atomic E-state index is 11.8. The summed E-state index contributed by atoms with van der Waals surface area (Å²) >= 11 is 0. The summed E-state index contributed by atoms with van der Waals surface area (Å²) in [6, 6.07) is 14.3. The monoisotopic (exact) mass is 326 g/mol. The van der Waals surface area contributed by atoms with Gasteiger partial charge in [0.05, 0.1) is 25.4 Å². The van der Waals surface area contributed by atoms with Crippen LogP contribution in [-0.4, -0.2) is 34.7 Å². The quantitative estimate of drug-likeness (QED) is 0.748. The number of methoxy groups -OCH3 is 1. The van der Waals surface area contributed by atoms with Crippen LogP contribution in [0.3, 0.4) is 0 Å². The van der Waals surface area contributed by atoms with Crippen LogP contribution in [0.15, 0.2) is 59.5 Å². The molecule has 124 valence electrons. The molecule has 1 atom stereocenters. The molecule has 1 heterocycles. The number of aliphatic hydroxyl groups excluding tert-OH is 1. The molecule has 3 aromatic rings. The molecule has 0 saturated carbocycles. The van der Waals surface area contributed by atoms with Gasteiger partial charge in [-0.2, -0.15) is 5.10 Å². The van der Waals surface area contributed by atoms with Crippen LogP contribution in [0.1, 0.15) is 0 Å². The van der Waals surface area contributed by atoms with Crippen molar-refractivity contribution in [3.8, 4) is 11.5 Å². The molecule has 1 unspecified atom stereocenters. The number of hydrogen-bond donors (Lipinski definition) is 1. The van der Waals surface area contributed by atoms with Gasteiger partial charge in [-0.25, -0.2) is 0 Å². The number of benzene rings is 2. The lowest BCUT2D eigenvalue weighted by atomic mass is 10.2. The molecule has 0 radical (unpaired) electrons. The summed E-state index contributed by atoms with van der Waals surface area (Å²) in [7, 11) is 1.60. The fraction of sp³-hybridized carbons (Fsp3) is 0.222. The van der Waals surface area contributed by atoms with Gasteiger partial charge >= 0.3 is 0 Å². The highest BCUT2D eigenvalue weighted by Crippen LogP contribution is 2.17. The van der Waals surface area contributed by atoms with E-state index in [1.54, 1.807) is 54.3 Å².